The number of nitro benzene ring substituents is 1. The molecule has 0 amide bonds. The molecule has 1 aromatic rings. The Morgan fingerprint density at radius 1 is 1.58 bits per heavy atom. The summed E-state index contributed by atoms with van der Waals surface area (Å²) in [5, 5.41) is 20.9. The Morgan fingerprint density at radius 2 is 2.16 bits per heavy atom. The molecule has 0 aliphatic rings. The number of nitrogens with two attached hydrogens (primary N) is 1. The average Bonchev–Trinajstić information content (AvgIpc) is 2.37. The van der Waals surface area contributed by atoms with E-state index >= 15 is 0 Å². The predicted molar refractivity (Wildman–Crippen MR) is 67.9 cm³/mol. The van der Waals surface area contributed by atoms with Gasteiger partial charge in [-0.1, -0.05) is 0 Å². The molecular weight excluding hydrogens is 252 g/mol. The third-order valence-electron chi connectivity index (χ3n) is 2.97. The minimum atomic E-state index is -0.976. The molecule has 0 fully saturated rings. The van der Waals surface area contributed by atoms with E-state index in [4.69, 9.17) is 5.73 Å². The summed E-state index contributed by atoms with van der Waals surface area (Å²) in [6, 6.07) is 0.314. The van der Waals surface area contributed by atoms with Gasteiger partial charge < -0.3 is 15.6 Å². The van der Waals surface area contributed by atoms with Gasteiger partial charge in [-0.3, -0.25) is 14.9 Å². The van der Waals surface area contributed by atoms with Crippen LogP contribution in [-0.4, -0.2) is 29.2 Å². The zero-order chi connectivity index (χ0) is 14.7. The van der Waals surface area contributed by atoms with E-state index in [0.717, 1.165) is 0 Å². The van der Waals surface area contributed by atoms with E-state index in [1.165, 1.54) is 20.1 Å². The summed E-state index contributed by atoms with van der Waals surface area (Å²) in [7, 11) is 1.20. The summed E-state index contributed by atoms with van der Waals surface area (Å²) in [4.78, 5) is 21.7. The second-order valence-corrected chi connectivity index (χ2v) is 4.26. The van der Waals surface area contributed by atoms with E-state index in [1.807, 2.05) is 0 Å². The number of rotatable bonds is 4. The molecular formula is C12H16N2O5. The lowest BCUT2D eigenvalue weighted by Crippen LogP contribution is -2.34. The standard InChI is InChI=1S/C12H16N2O5/c1-6-4-10(14(17)18)7(2)8(11(6)15)5-9(13)12(16)19-3/h4,9,15H,5,13H2,1-3H3. The normalized spacial score (nSPS) is 12.0. The first-order valence-electron chi connectivity index (χ1n) is 5.59. The first kappa shape index (κ1) is 14.9. The summed E-state index contributed by atoms with van der Waals surface area (Å²) >= 11 is 0. The van der Waals surface area contributed by atoms with Crippen LogP contribution in [0, 0.1) is 24.0 Å². The Kier molecular flexibility index (Phi) is 4.44. The number of methoxy groups -OCH3 is 1. The van der Waals surface area contributed by atoms with Gasteiger partial charge in [-0.2, -0.15) is 0 Å². The van der Waals surface area contributed by atoms with Crippen molar-refractivity contribution in [1.82, 2.24) is 0 Å². The van der Waals surface area contributed by atoms with Crippen LogP contribution >= 0.6 is 0 Å². The Labute approximate surface area is 110 Å². The van der Waals surface area contributed by atoms with Crippen molar-refractivity contribution in [2.45, 2.75) is 26.3 Å². The van der Waals surface area contributed by atoms with Crippen molar-refractivity contribution >= 4 is 11.7 Å². The van der Waals surface area contributed by atoms with Crippen LogP contribution in [-0.2, 0) is 16.0 Å². The summed E-state index contributed by atoms with van der Waals surface area (Å²) < 4.78 is 4.49. The zero-order valence-electron chi connectivity index (χ0n) is 11.0. The van der Waals surface area contributed by atoms with Crippen LogP contribution in [0.5, 0.6) is 5.75 Å². The number of nitrogens with zero attached hydrogens (tertiary/aromatic N) is 1. The number of phenolic OH excluding ortho intramolecular Hbond substituents is 1. The van der Waals surface area contributed by atoms with E-state index in [1.54, 1.807) is 6.92 Å². The Morgan fingerprint density at radius 3 is 2.63 bits per heavy atom. The molecule has 7 nitrogen and oxygen atoms in total. The molecule has 1 aromatic carbocycles. The van der Waals surface area contributed by atoms with Gasteiger partial charge in [0.15, 0.2) is 0 Å². The van der Waals surface area contributed by atoms with Gasteiger partial charge in [0, 0.05) is 23.6 Å². The molecule has 0 aromatic heterocycles. The lowest BCUT2D eigenvalue weighted by Gasteiger charge is -2.14. The molecule has 19 heavy (non-hydrogen) atoms. The maximum absolute atomic E-state index is 11.3. The first-order valence-corrected chi connectivity index (χ1v) is 5.59. The van der Waals surface area contributed by atoms with Crippen molar-refractivity contribution in [2.75, 3.05) is 7.11 Å². The first-order chi connectivity index (χ1) is 8.79. The number of aryl methyl sites for hydroxylation is 1. The maximum Gasteiger partial charge on any atom is 0.322 e. The molecule has 0 aliphatic carbocycles. The Bertz CT molecular complexity index is 527. The fourth-order valence-electron chi connectivity index (χ4n) is 1.85. The molecule has 0 saturated carbocycles. The number of nitro groups is 1. The van der Waals surface area contributed by atoms with E-state index in [9.17, 15) is 20.0 Å². The van der Waals surface area contributed by atoms with Gasteiger partial charge in [0.25, 0.3) is 5.69 Å². The van der Waals surface area contributed by atoms with E-state index in [-0.39, 0.29) is 17.9 Å². The smallest absolute Gasteiger partial charge is 0.322 e. The van der Waals surface area contributed by atoms with E-state index in [0.29, 0.717) is 16.7 Å². The third-order valence-corrected chi connectivity index (χ3v) is 2.97. The monoisotopic (exact) mass is 268 g/mol. The zero-order valence-corrected chi connectivity index (χ0v) is 11.0. The van der Waals surface area contributed by atoms with E-state index in [2.05, 4.69) is 4.74 Å². The SMILES string of the molecule is COC(=O)C(N)Cc1c(C)c([N+](=O)[O-])cc(C)c1O. The van der Waals surface area contributed by atoms with Crippen LogP contribution in [0.25, 0.3) is 0 Å². The fourth-order valence-corrected chi connectivity index (χ4v) is 1.85. The van der Waals surface area contributed by atoms with Gasteiger partial charge in [-0.15, -0.1) is 0 Å². The lowest BCUT2D eigenvalue weighted by atomic mass is 9.96. The van der Waals surface area contributed by atoms with Crippen LogP contribution in [0.2, 0.25) is 0 Å². The Hall–Kier alpha value is -2.15. The molecule has 0 heterocycles. The van der Waals surface area contributed by atoms with Crippen molar-refractivity contribution in [3.63, 3.8) is 0 Å². The van der Waals surface area contributed by atoms with Crippen LogP contribution in [0.3, 0.4) is 0 Å². The van der Waals surface area contributed by atoms with Gasteiger partial charge >= 0.3 is 5.97 Å². The molecule has 0 radical (unpaired) electrons. The molecule has 1 rings (SSSR count). The molecule has 1 unspecified atom stereocenters. The van der Waals surface area contributed by atoms with Crippen LogP contribution < -0.4 is 5.73 Å². The van der Waals surface area contributed by atoms with Crippen molar-refractivity contribution in [1.29, 1.82) is 0 Å². The van der Waals surface area contributed by atoms with Gasteiger partial charge in [-0.25, -0.2) is 0 Å². The second kappa shape index (κ2) is 5.66. The van der Waals surface area contributed by atoms with Crippen molar-refractivity contribution in [2.24, 2.45) is 5.73 Å². The topological polar surface area (TPSA) is 116 Å². The highest BCUT2D eigenvalue weighted by Crippen LogP contribution is 2.33. The fraction of sp³-hybridized carbons (Fsp3) is 0.417. The van der Waals surface area contributed by atoms with Gasteiger partial charge in [0.05, 0.1) is 12.0 Å². The summed E-state index contributed by atoms with van der Waals surface area (Å²) in [6.45, 7) is 3.06. The maximum atomic E-state index is 11.3. The molecule has 104 valence electrons. The van der Waals surface area contributed by atoms with Crippen LogP contribution in [0.15, 0.2) is 6.07 Å². The summed E-state index contributed by atoms with van der Waals surface area (Å²) in [6.07, 6.45) is -0.0210. The molecule has 0 bridgehead atoms. The second-order valence-electron chi connectivity index (χ2n) is 4.26. The van der Waals surface area contributed by atoms with E-state index < -0.39 is 16.9 Å². The number of ether oxygens (including phenoxy) is 1. The highest BCUT2D eigenvalue weighted by atomic mass is 16.6. The molecule has 7 heteroatoms. The number of carbonyl (C=O) groups excluding carboxylic acids is 1. The molecule has 0 aliphatic heterocycles. The number of aromatic hydroxyl groups is 1. The minimum Gasteiger partial charge on any atom is -0.507 e. The molecule has 1 atom stereocenters. The third kappa shape index (κ3) is 3.00. The van der Waals surface area contributed by atoms with Crippen molar-refractivity contribution in [3.05, 3.63) is 32.9 Å². The number of carbonyl (C=O) groups is 1. The van der Waals surface area contributed by atoms with Gasteiger partial charge in [0.2, 0.25) is 0 Å². The number of phenols is 1. The van der Waals surface area contributed by atoms with Gasteiger partial charge in [-0.05, 0) is 19.4 Å². The quantitative estimate of drug-likeness (QED) is 0.477. The minimum absolute atomic E-state index is 0.0210. The van der Waals surface area contributed by atoms with Crippen molar-refractivity contribution in [3.8, 4) is 5.75 Å². The van der Waals surface area contributed by atoms with Crippen molar-refractivity contribution < 1.29 is 19.6 Å². The predicted octanol–water partition coefficient (Wildman–Crippen LogP) is 0.960. The molecule has 3 N–H and O–H groups in total. The average molecular weight is 268 g/mol. The summed E-state index contributed by atoms with van der Waals surface area (Å²) in [5.41, 5.74) is 6.47. The molecule has 0 spiro atoms. The highest BCUT2D eigenvalue weighted by molar-refractivity contribution is 5.76. The van der Waals surface area contributed by atoms with Crippen LogP contribution in [0.4, 0.5) is 5.69 Å². The highest BCUT2D eigenvalue weighted by Gasteiger charge is 2.24. The lowest BCUT2D eigenvalue weighted by molar-refractivity contribution is -0.385. The van der Waals surface area contributed by atoms with Crippen LogP contribution in [0.1, 0.15) is 16.7 Å². The van der Waals surface area contributed by atoms with Gasteiger partial charge in [0.1, 0.15) is 11.8 Å². The number of hydrogen-bond acceptors (Lipinski definition) is 6. The Balaban J connectivity index is 3.26. The number of hydrogen-bond donors (Lipinski definition) is 2. The number of esters is 1. The largest absolute Gasteiger partial charge is 0.507 e. The number of benzene rings is 1. The molecule has 0 saturated heterocycles. The summed E-state index contributed by atoms with van der Waals surface area (Å²) in [5.74, 6) is -0.717.